The number of carbonyl (C=O) groups is 2. The van der Waals surface area contributed by atoms with Crippen molar-refractivity contribution in [2.24, 2.45) is 0 Å². The second kappa shape index (κ2) is 8.43. The number of benzene rings is 2. The molecule has 0 aliphatic heterocycles. The Balaban J connectivity index is 1.72. The summed E-state index contributed by atoms with van der Waals surface area (Å²) in [4.78, 5) is 26.5. The van der Waals surface area contributed by atoms with Crippen LogP contribution in [0.25, 0.3) is 0 Å². The third-order valence-electron chi connectivity index (χ3n) is 4.43. The number of hydrogen-bond donors (Lipinski definition) is 2. The van der Waals surface area contributed by atoms with E-state index >= 15 is 0 Å². The summed E-state index contributed by atoms with van der Waals surface area (Å²) in [6.45, 7) is -0.254. The fourth-order valence-corrected chi connectivity index (χ4v) is 2.88. The lowest BCUT2D eigenvalue weighted by Gasteiger charge is -2.27. The van der Waals surface area contributed by atoms with Crippen molar-refractivity contribution in [3.8, 4) is 0 Å². The highest BCUT2D eigenvalue weighted by Crippen LogP contribution is 2.24. The molecule has 1 aliphatic rings. The lowest BCUT2D eigenvalue weighted by molar-refractivity contribution is -0.127. The van der Waals surface area contributed by atoms with Crippen molar-refractivity contribution in [2.75, 3.05) is 18.9 Å². The summed E-state index contributed by atoms with van der Waals surface area (Å²) in [6, 6.07) is 10.1. The standard InChI is InChI=1S/C20H20F3N3O2/c1-26(11-16(27)25-15-10-9-14(21)17(22)18(15)23)19(12-5-3-2-4-6-12)20(28)24-13-7-8-13/h2-6,9-10,13,19H,7-8,11H2,1H3,(H,24,28)(H,25,27)/t19-/m1/s1. The van der Waals surface area contributed by atoms with E-state index in [0.29, 0.717) is 5.56 Å². The summed E-state index contributed by atoms with van der Waals surface area (Å²) in [6.07, 6.45) is 1.85. The van der Waals surface area contributed by atoms with Gasteiger partial charge in [0.2, 0.25) is 11.8 Å². The SMILES string of the molecule is CN(CC(=O)Nc1ccc(F)c(F)c1F)[C@@H](C(=O)NC1CC1)c1ccccc1. The van der Waals surface area contributed by atoms with Gasteiger partial charge in [0.15, 0.2) is 17.5 Å². The molecule has 1 atom stereocenters. The Bertz CT molecular complexity index is 872. The summed E-state index contributed by atoms with van der Waals surface area (Å²) in [7, 11) is 1.59. The van der Waals surface area contributed by atoms with E-state index in [9.17, 15) is 22.8 Å². The van der Waals surface area contributed by atoms with Crippen molar-refractivity contribution < 1.29 is 22.8 Å². The van der Waals surface area contributed by atoms with Crippen molar-refractivity contribution in [3.63, 3.8) is 0 Å². The average molecular weight is 391 g/mol. The molecule has 28 heavy (non-hydrogen) atoms. The smallest absolute Gasteiger partial charge is 0.242 e. The summed E-state index contributed by atoms with van der Waals surface area (Å²) >= 11 is 0. The van der Waals surface area contributed by atoms with Crippen LogP contribution in [-0.4, -0.2) is 36.3 Å². The Labute approximate surface area is 160 Å². The van der Waals surface area contributed by atoms with Crippen molar-refractivity contribution >= 4 is 17.5 Å². The van der Waals surface area contributed by atoms with E-state index in [1.54, 1.807) is 31.3 Å². The normalized spacial score (nSPS) is 14.6. The Morgan fingerprint density at radius 1 is 1.07 bits per heavy atom. The zero-order valence-electron chi connectivity index (χ0n) is 15.2. The summed E-state index contributed by atoms with van der Waals surface area (Å²) in [5, 5.41) is 5.13. The molecule has 1 saturated carbocycles. The van der Waals surface area contributed by atoms with Gasteiger partial charge in [-0.2, -0.15) is 0 Å². The minimum atomic E-state index is -1.66. The van der Waals surface area contributed by atoms with Crippen LogP contribution in [0.1, 0.15) is 24.4 Å². The Kier molecular flexibility index (Phi) is 5.99. The zero-order chi connectivity index (χ0) is 20.3. The maximum atomic E-state index is 13.8. The third kappa shape index (κ3) is 4.69. The van der Waals surface area contributed by atoms with Gasteiger partial charge in [-0.3, -0.25) is 14.5 Å². The number of hydrogen-bond acceptors (Lipinski definition) is 3. The number of carbonyl (C=O) groups excluding carboxylic acids is 2. The van der Waals surface area contributed by atoms with Crippen LogP contribution < -0.4 is 10.6 Å². The topological polar surface area (TPSA) is 61.4 Å². The minimum absolute atomic E-state index is 0.150. The van der Waals surface area contributed by atoms with Crippen LogP contribution >= 0.6 is 0 Å². The molecule has 0 unspecified atom stereocenters. The van der Waals surface area contributed by atoms with E-state index < -0.39 is 35.1 Å². The number of halogens is 3. The van der Waals surface area contributed by atoms with E-state index in [4.69, 9.17) is 0 Å². The number of anilines is 1. The van der Waals surface area contributed by atoms with Gasteiger partial charge in [-0.1, -0.05) is 30.3 Å². The van der Waals surface area contributed by atoms with Gasteiger partial charge in [0, 0.05) is 6.04 Å². The molecule has 0 bridgehead atoms. The van der Waals surface area contributed by atoms with Gasteiger partial charge >= 0.3 is 0 Å². The second-order valence-corrected chi connectivity index (χ2v) is 6.78. The van der Waals surface area contributed by atoms with Crippen LogP contribution in [0.4, 0.5) is 18.9 Å². The Morgan fingerprint density at radius 2 is 1.75 bits per heavy atom. The molecule has 0 radical (unpaired) electrons. The summed E-state index contributed by atoms with van der Waals surface area (Å²) in [5.41, 5.74) is 0.242. The van der Waals surface area contributed by atoms with Gasteiger partial charge in [-0.15, -0.1) is 0 Å². The monoisotopic (exact) mass is 391 g/mol. The van der Waals surface area contributed by atoms with Crippen LogP contribution in [0.15, 0.2) is 42.5 Å². The second-order valence-electron chi connectivity index (χ2n) is 6.78. The van der Waals surface area contributed by atoms with Crippen molar-refractivity contribution in [1.82, 2.24) is 10.2 Å². The summed E-state index contributed by atoms with van der Waals surface area (Å²) in [5.74, 6) is -5.36. The fourth-order valence-electron chi connectivity index (χ4n) is 2.88. The van der Waals surface area contributed by atoms with Gasteiger partial charge in [0.05, 0.1) is 12.2 Å². The molecule has 0 spiro atoms. The maximum Gasteiger partial charge on any atom is 0.242 e. The molecule has 0 saturated heterocycles. The lowest BCUT2D eigenvalue weighted by atomic mass is 10.0. The number of amides is 2. The van der Waals surface area contributed by atoms with E-state index in [1.165, 1.54) is 4.90 Å². The predicted octanol–water partition coefficient (Wildman–Crippen LogP) is 2.99. The van der Waals surface area contributed by atoms with Crippen molar-refractivity contribution in [2.45, 2.75) is 24.9 Å². The molecule has 0 aromatic heterocycles. The molecule has 1 fully saturated rings. The largest absolute Gasteiger partial charge is 0.352 e. The van der Waals surface area contributed by atoms with Gasteiger partial charge in [-0.25, -0.2) is 13.2 Å². The highest BCUT2D eigenvalue weighted by atomic mass is 19.2. The molecule has 5 nitrogen and oxygen atoms in total. The molecule has 2 aromatic rings. The Hall–Kier alpha value is -2.87. The van der Waals surface area contributed by atoms with E-state index in [2.05, 4.69) is 10.6 Å². The van der Waals surface area contributed by atoms with Crippen molar-refractivity contribution in [1.29, 1.82) is 0 Å². The molecular formula is C20H20F3N3O2. The predicted molar refractivity (Wildman–Crippen MR) is 97.9 cm³/mol. The van der Waals surface area contributed by atoms with Crippen molar-refractivity contribution in [3.05, 3.63) is 65.5 Å². The van der Waals surface area contributed by atoms with Crippen LogP contribution in [0.3, 0.4) is 0 Å². The lowest BCUT2D eigenvalue weighted by Crippen LogP contribution is -2.42. The Morgan fingerprint density at radius 3 is 2.39 bits per heavy atom. The molecule has 3 rings (SSSR count). The highest BCUT2D eigenvalue weighted by Gasteiger charge is 2.31. The van der Waals surface area contributed by atoms with E-state index in [1.807, 2.05) is 6.07 Å². The van der Waals surface area contributed by atoms with Gasteiger partial charge in [0.25, 0.3) is 0 Å². The number of nitrogens with zero attached hydrogens (tertiary/aromatic N) is 1. The van der Waals surface area contributed by atoms with E-state index in [-0.39, 0.29) is 18.5 Å². The highest BCUT2D eigenvalue weighted by molar-refractivity contribution is 5.93. The molecule has 2 aromatic carbocycles. The molecular weight excluding hydrogens is 371 g/mol. The molecule has 2 amide bonds. The molecule has 2 N–H and O–H groups in total. The first-order valence-corrected chi connectivity index (χ1v) is 8.85. The van der Waals surface area contributed by atoms with Crippen LogP contribution in [-0.2, 0) is 9.59 Å². The van der Waals surface area contributed by atoms with Gasteiger partial charge in [-0.05, 0) is 37.6 Å². The van der Waals surface area contributed by atoms with Crippen LogP contribution in [0.2, 0.25) is 0 Å². The number of rotatable bonds is 7. The van der Waals surface area contributed by atoms with Gasteiger partial charge < -0.3 is 10.6 Å². The molecule has 0 heterocycles. The van der Waals surface area contributed by atoms with Crippen LogP contribution in [0, 0.1) is 17.5 Å². The average Bonchev–Trinajstić information content (AvgIpc) is 3.47. The maximum absolute atomic E-state index is 13.8. The zero-order valence-corrected chi connectivity index (χ0v) is 15.2. The van der Waals surface area contributed by atoms with E-state index in [0.717, 1.165) is 25.0 Å². The first-order chi connectivity index (χ1) is 13.4. The number of likely N-dealkylation sites (N-methyl/N-ethyl adjacent to an activating group) is 1. The first-order valence-electron chi connectivity index (χ1n) is 8.85. The third-order valence-corrected chi connectivity index (χ3v) is 4.43. The molecule has 8 heteroatoms. The minimum Gasteiger partial charge on any atom is -0.352 e. The number of nitrogens with one attached hydrogen (secondary N) is 2. The molecule has 148 valence electrons. The first kappa shape index (κ1) is 19.9. The van der Waals surface area contributed by atoms with Crippen LogP contribution in [0.5, 0.6) is 0 Å². The quantitative estimate of drug-likeness (QED) is 0.714. The summed E-state index contributed by atoms with van der Waals surface area (Å²) < 4.78 is 40.1. The van der Waals surface area contributed by atoms with Gasteiger partial charge in [0.1, 0.15) is 6.04 Å². The molecule has 1 aliphatic carbocycles. The fraction of sp³-hybridized carbons (Fsp3) is 0.300.